The number of aryl methyl sites for hydroxylation is 1. The van der Waals surface area contributed by atoms with E-state index >= 15 is 0 Å². The van der Waals surface area contributed by atoms with Crippen LogP contribution in [-0.4, -0.2) is 28.1 Å². The van der Waals surface area contributed by atoms with Crippen molar-refractivity contribution in [1.82, 2.24) is 10.3 Å². The van der Waals surface area contributed by atoms with Crippen molar-refractivity contribution in [1.29, 1.82) is 0 Å². The number of ether oxygens (including phenoxy) is 2. The Morgan fingerprint density at radius 1 is 0.872 bits per heavy atom. The third kappa shape index (κ3) is 8.56. The average Bonchev–Trinajstić information content (AvgIpc) is 2.83. The third-order valence-corrected chi connectivity index (χ3v) is 5.73. The second kappa shape index (κ2) is 11.5. The van der Waals surface area contributed by atoms with Gasteiger partial charge in [0.05, 0.1) is 17.7 Å². The van der Waals surface area contributed by atoms with Crippen LogP contribution < -0.4 is 10.1 Å². The first-order valence-electron chi connectivity index (χ1n) is 12.5. The van der Waals surface area contributed by atoms with E-state index in [1.807, 2.05) is 0 Å². The summed E-state index contributed by atoms with van der Waals surface area (Å²) >= 11 is 0. The lowest BCUT2D eigenvalue weighted by molar-refractivity contribution is -0.170. The molecule has 1 heterocycles. The standard InChI is InChI=1S/C30H33F3N2O4/c1-19-22(11-16-25(35-19)21-9-12-23(13-10-21)30(31,32)33)18-34-26(36)17-20-7-14-24(15-8-20)38-29(5,6)27(37)39-28(2,3)4/h7-16H,17-18H2,1-6H3,(H,34,36). The van der Waals surface area contributed by atoms with Gasteiger partial charge in [-0.15, -0.1) is 0 Å². The number of rotatable bonds is 8. The van der Waals surface area contributed by atoms with Crippen molar-refractivity contribution in [2.24, 2.45) is 0 Å². The molecule has 0 unspecified atom stereocenters. The minimum absolute atomic E-state index is 0.145. The number of pyridine rings is 1. The van der Waals surface area contributed by atoms with Crippen molar-refractivity contribution >= 4 is 11.9 Å². The number of hydrogen-bond donors (Lipinski definition) is 1. The molecular weight excluding hydrogens is 509 g/mol. The molecule has 0 saturated heterocycles. The monoisotopic (exact) mass is 542 g/mol. The molecular formula is C30H33F3N2O4. The highest BCUT2D eigenvalue weighted by atomic mass is 19.4. The Kier molecular flexibility index (Phi) is 8.73. The maximum atomic E-state index is 12.8. The van der Waals surface area contributed by atoms with Gasteiger partial charge in [0.15, 0.2) is 5.60 Å². The number of hydrogen-bond acceptors (Lipinski definition) is 5. The number of nitrogens with zero attached hydrogens (tertiary/aromatic N) is 1. The molecule has 0 atom stereocenters. The van der Waals surface area contributed by atoms with Crippen molar-refractivity contribution in [3.8, 4) is 17.0 Å². The zero-order valence-corrected chi connectivity index (χ0v) is 22.9. The molecule has 2 aromatic carbocycles. The molecule has 0 fully saturated rings. The van der Waals surface area contributed by atoms with Crippen molar-refractivity contribution in [2.75, 3.05) is 0 Å². The lowest BCUT2D eigenvalue weighted by Crippen LogP contribution is -2.43. The van der Waals surface area contributed by atoms with Crippen LogP contribution in [0.15, 0.2) is 60.7 Å². The second-order valence-corrected chi connectivity index (χ2v) is 10.7. The van der Waals surface area contributed by atoms with Gasteiger partial charge in [-0.1, -0.05) is 30.3 Å². The number of alkyl halides is 3. The first-order chi connectivity index (χ1) is 18.0. The van der Waals surface area contributed by atoms with Gasteiger partial charge in [-0.3, -0.25) is 9.78 Å². The Balaban J connectivity index is 1.54. The molecule has 0 aliphatic heterocycles. The molecule has 208 valence electrons. The van der Waals surface area contributed by atoms with Gasteiger partial charge in [-0.05, 0) is 83.0 Å². The van der Waals surface area contributed by atoms with Gasteiger partial charge < -0.3 is 14.8 Å². The number of esters is 1. The van der Waals surface area contributed by atoms with Gasteiger partial charge in [0.2, 0.25) is 5.91 Å². The fourth-order valence-electron chi connectivity index (χ4n) is 3.62. The van der Waals surface area contributed by atoms with Crippen molar-refractivity contribution < 1.29 is 32.2 Å². The SMILES string of the molecule is Cc1nc(-c2ccc(C(F)(F)F)cc2)ccc1CNC(=O)Cc1ccc(OC(C)(C)C(=O)OC(C)(C)C)cc1. The van der Waals surface area contributed by atoms with Crippen LogP contribution in [0, 0.1) is 6.92 Å². The molecule has 3 rings (SSSR count). The topological polar surface area (TPSA) is 77.5 Å². The Morgan fingerprint density at radius 3 is 2.03 bits per heavy atom. The number of carbonyl (C=O) groups excluding carboxylic acids is 2. The second-order valence-electron chi connectivity index (χ2n) is 10.7. The van der Waals surface area contributed by atoms with Gasteiger partial charge in [0.1, 0.15) is 11.4 Å². The van der Waals surface area contributed by atoms with Crippen LogP contribution >= 0.6 is 0 Å². The van der Waals surface area contributed by atoms with Crippen LogP contribution in [0.3, 0.4) is 0 Å². The molecule has 3 aromatic rings. The van der Waals surface area contributed by atoms with E-state index in [1.165, 1.54) is 12.1 Å². The predicted octanol–water partition coefficient (Wildman–Crippen LogP) is 6.43. The number of halogens is 3. The Hall–Kier alpha value is -3.88. The summed E-state index contributed by atoms with van der Waals surface area (Å²) < 4.78 is 49.6. The summed E-state index contributed by atoms with van der Waals surface area (Å²) in [5, 5.41) is 2.86. The number of aromatic nitrogens is 1. The number of carbonyl (C=O) groups is 2. The Morgan fingerprint density at radius 2 is 1.49 bits per heavy atom. The van der Waals surface area contributed by atoms with E-state index < -0.39 is 28.9 Å². The van der Waals surface area contributed by atoms with Gasteiger partial charge in [-0.2, -0.15) is 13.2 Å². The largest absolute Gasteiger partial charge is 0.476 e. The quantitative estimate of drug-likeness (QED) is 0.332. The molecule has 1 amide bonds. The maximum Gasteiger partial charge on any atom is 0.416 e. The summed E-state index contributed by atoms with van der Waals surface area (Å²) in [5.74, 6) is -0.190. The molecule has 0 bridgehead atoms. The van der Waals surface area contributed by atoms with E-state index in [-0.39, 0.29) is 18.9 Å². The van der Waals surface area contributed by atoms with E-state index in [0.717, 1.165) is 23.3 Å². The predicted molar refractivity (Wildman–Crippen MR) is 142 cm³/mol. The zero-order chi connectivity index (χ0) is 29.0. The lowest BCUT2D eigenvalue weighted by atomic mass is 10.1. The molecule has 6 nitrogen and oxygen atoms in total. The van der Waals surface area contributed by atoms with Crippen molar-refractivity contribution in [3.63, 3.8) is 0 Å². The van der Waals surface area contributed by atoms with Crippen molar-refractivity contribution in [3.05, 3.63) is 83.0 Å². The number of benzene rings is 2. The van der Waals surface area contributed by atoms with Crippen LogP contribution in [0.5, 0.6) is 5.75 Å². The van der Waals surface area contributed by atoms with Crippen LogP contribution in [0.1, 0.15) is 57.0 Å². The minimum atomic E-state index is -4.39. The number of nitrogens with one attached hydrogen (secondary N) is 1. The van der Waals surface area contributed by atoms with Crippen LogP contribution in [0.25, 0.3) is 11.3 Å². The van der Waals surface area contributed by atoms with Gasteiger partial charge in [0.25, 0.3) is 0 Å². The van der Waals surface area contributed by atoms with E-state index in [4.69, 9.17) is 9.47 Å². The summed E-state index contributed by atoms with van der Waals surface area (Å²) in [4.78, 5) is 29.4. The van der Waals surface area contributed by atoms with E-state index in [2.05, 4.69) is 10.3 Å². The normalized spacial score (nSPS) is 12.1. The van der Waals surface area contributed by atoms with E-state index in [1.54, 1.807) is 77.9 Å². The fourth-order valence-corrected chi connectivity index (χ4v) is 3.62. The molecule has 0 aliphatic carbocycles. The van der Waals surface area contributed by atoms with Gasteiger partial charge in [0, 0.05) is 17.8 Å². The highest BCUT2D eigenvalue weighted by Gasteiger charge is 2.35. The summed E-state index contributed by atoms with van der Waals surface area (Å²) in [5.41, 5.74) is 0.833. The van der Waals surface area contributed by atoms with E-state index in [0.29, 0.717) is 22.7 Å². The molecule has 0 aliphatic rings. The summed E-state index contributed by atoms with van der Waals surface area (Å²) in [7, 11) is 0. The zero-order valence-electron chi connectivity index (χ0n) is 22.9. The van der Waals surface area contributed by atoms with E-state index in [9.17, 15) is 22.8 Å². The first kappa shape index (κ1) is 29.7. The molecule has 1 N–H and O–H groups in total. The maximum absolute atomic E-state index is 12.8. The summed E-state index contributed by atoms with van der Waals surface area (Å²) in [6, 6.07) is 15.3. The summed E-state index contributed by atoms with van der Waals surface area (Å²) in [6.07, 6.45) is -4.25. The molecule has 9 heteroatoms. The lowest BCUT2D eigenvalue weighted by Gasteiger charge is -2.29. The fraction of sp³-hybridized carbons (Fsp3) is 0.367. The molecule has 0 spiro atoms. The summed E-state index contributed by atoms with van der Waals surface area (Å²) in [6.45, 7) is 10.7. The minimum Gasteiger partial charge on any atom is -0.476 e. The van der Waals surface area contributed by atoms with Crippen LogP contribution in [-0.2, 0) is 33.5 Å². The average molecular weight is 543 g/mol. The van der Waals surface area contributed by atoms with Crippen LogP contribution in [0.4, 0.5) is 13.2 Å². The van der Waals surface area contributed by atoms with Gasteiger partial charge >= 0.3 is 12.1 Å². The van der Waals surface area contributed by atoms with Crippen LogP contribution in [0.2, 0.25) is 0 Å². The number of amides is 1. The van der Waals surface area contributed by atoms with Crippen molar-refractivity contribution in [2.45, 2.75) is 71.9 Å². The third-order valence-electron chi connectivity index (χ3n) is 5.73. The molecule has 0 saturated carbocycles. The smallest absolute Gasteiger partial charge is 0.416 e. The molecule has 0 radical (unpaired) electrons. The Bertz CT molecular complexity index is 1310. The molecule has 1 aromatic heterocycles. The highest BCUT2D eigenvalue weighted by Crippen LogP contribution is 2.31. The van der Waals surface area contributed by atoms with Gasteiger partial charge in [-0.25, -0.2) is 4.79 Å². The first-order valence-corrected chi connectivity index (χ1v) is 12.5. The Labute approximate surface area is 226 Å². The molecule has 39 heavy (non-hydrogen) atoms. The highest BCUT2D eigenvalue weighted by molar-refractivity contribution is 5.80.